The number of hydrogen-bond donors (Lipinski definition) is 2. The molecule has 1 atom stereocenters. The Bertz CT molecular complexity index is 773. The SMILES string of the molecule is Cc1c(C(=O)O)ccc(S(C)(=O)=O)c1C1=CC(CCCCCl)ON1. The molecule has 2 N–H and O–H groups in total. The number of alkyl halides is 1. The van der Waals surface area contributed by atoms with Crippen molar-refractivity contribution in [2.45, 2.75) is 37.2 Å². The van der Waals surface area contributed by atoms with Crippen LogP contribution >= 0.6 is 11.6 Å². The van der Waals surface area contributed by atoms with Gasteiger partial charge < -0.3 is 5.11 Å². The van der Waals surface area contributed by atoms with Crippen molar-refractivity contribution in [2.24, 2.45) is 0 Å². The number of hydrogen-bond acceptors (Lipinski definition) is 5. The zero-order valence-electron chi connectivity index (χ0n) is 13.5. The Balaban J connectivity index is 2.46. The summed E-state index contributed by atoms with van der Waals surface area (Å²) >= 11 is 5.66. The van der Waals surface area contributed by atoms with Crippen molar-refractivity contribution in [1.82, 2.24) is 5.48 Å². The quantitative estimate of drug-likeness (QED) is 0.564. The van der Waals surface area contributed by atoms with Crippen LogP contribution in [-0.2, 0) is 14.7 Å². The molecule has 0 saturated heterocycles. The fourth-order valence-electron chi connectivity index (χ4n) is 2.67. The summed E-state index contributed by atoms with van der Waals surface area (Å²) in [6, 6.07) is 2.64. The number of halogens is 1. The zero-order chi connectivity index (χ0) is 17.9. The lowest BCUT2D eigenvalue weighted by Crippen LogP contribution is -2.15. The smallest absolute Gasteiger partial charge is 0.335 e. The van der Waals surface area contributed by atoms with Gasteiger partial charge in [-0.3, -0.25) is 10.3 Å². The van der Waals surface area contributed by atoms with Crippen molar-refractivity contribution >= 4 is 33.1 Å². The van der Waals surface area contributed by atoms with E-state index < -0.39 is 15.8 Å². The average Bonchev–Trinajstić information content (AvgIpc) is 2.94. The predicted molar refractivity (Wildman–Crippen MR) is 91.8 cm³/mol. The van der Waals surface area contributed by atoms with Gasteiger partial charge in [-0.2, -0.15) is 0 Å². The molecule has 0 saturated carbocycles. The normalized spacial score (nSPS) is 17.5. The molecule has 0 amide bonds. The molecule has 1 unspecified atom stereocenters. The molecule has 0 bridgehead atoms. The van der Waals surface area contributed by atoms with E-state index in [-0.39, 0.29) is 16.6 Å². The number of sulfone groups is 1. The summed E-state index contributed by atoms with van der Waals surface area (Å²) in [6.07, 6.45) is 5.18. The molecular formula is C16H20ClNO5S. The summed E-state index contributed by atoms with van der Waals surface area (Å²) < 4.78 is 24.2. The van der Waals surface area contributed by atoms with E-state index in [9.17, 15) is 18.3 Å². The number of carboxylic acids is 1. The summed E-state index contributed by atoms with van der Waals surface area (Å²) in [6.45, 7) is 1.59. The Morgan fingerprint density at radius 1 is 1.38 bits per heavy atom. The predicted octanol–water partition coefficient (Wildman–Crippen LogP) is 2.75. The van der Waals surface area contributed by atoms with E-state index in [1.165, 1.54) is 12.1 Å². The lowest BCUT2D eigenvalue weighted by Gasteiger charge is -2.14. The zero-order valence-corrected chi connectivity index (χ0v) is 15.1. The molecule has 1 aromatic carbocycles. The first-order valence-electron chi connectivity index (χ1n) is 7.52. The number of unbranched alkanes of at least 4 members (excludes halogenated alkanes) is 1. The summed E-state index contributed by atoms with van der Waals surface area (Å²) in [5.74, 6) is -0.527. The van der Waals surface area contributed by atoms with Crippen LogP contribution in [0.1, 0.15) is 40.7 Å². The van der Waals surface area contributed by atoms with Gasteiger partial charge in [0.05, 0.1) is 16.2 Å². The molecule has 0 radical (unpaired) electrons. The molecule has 0 fully saturated rings. The first kappa shape index (κ1) is 18.8. The molecule has 132 valence electrons. The first-order chi connectivity index (χ1) is 11.3. The number of aromatic carboxylic acids is 1. The Morgan fingerprint density at radius 3 is 2.67 bits per heavy atom. The second kappa shape index (κ2) is 7.55. The molecular weight excluding hydrogens is 354 g/mol. The summed E-state index contributed by atoms with van der Waals surface area (Å²) in [5, 5.41) is 9.29. The van der Waals surface area contributed by atoms with Gasteiger partial charge in [-0.15, -0.1) is 11.6 Å². The maximum Gasteiger partial charge on any atom is 0.335 e. The summed E-state index contributed by atoms with van der Waals surface area (Å²) in [7, 11) is -3.52. The van der Waals surface area contributed by atoms with Crippen molar-refractivity contribution in [3.8, 4) is 0 Å². The molecule has 1 heterocycles. The first-order valence-corrected chi connectivity index (χ1v) is 9.95. The van der Waals surface area contributed by atoms with Crippen LogP contribution in [0.4, 0.5) is 0 Å². The highest BCUT2D eigenvalue weighted by Gasteiger charge is 2.26. The largest absolute Gasteiger partial charge is 0.478 e. The minimum atomic E-state index is -3.52. The van der Waals surface area contributed by atoms with Crippen molar-refractivity contribution < 1.29 is 23.2 Å². The molecule has 1 aliphatic rings. The minimum absolute atomic E-state index is 0.0608. The van der Waals surface area contributed by atoms with Crippen LogP contribution in [0.5, 0.6) is 0 Å². The Morgan fingerprint density at radius 2 is 2.08 bits per heavy atom. The molecule has 1 aliphatic heterocycles. The van der Waals surface area contributed by atoms with Gasteiger partial charge in [-0.1, -0.05) is 0 Å². The molecule has 0 aromatic heterocycles. The van der Waals surface area contributed by atoms with Crippen LogP contribution in [0.2, 0.25) is 0 Å². The minimum Gasteiger partial charge on any atom is -0.478 e. The van der Waals surface area contributed by atoms with E-state index in [0.717, 1.165) is 25.5 Å². The molecule has 0 spiro atoms. The highest BCUT2D eigenvalue weighted by Crippen LogP contribution is 2.31. The van der Waals surface area contributed by atoms with Crippen LogP contribution in [-0.4, -0.2) is 37.7 Å². The van der Waals surface area contributed by atoms with Crippen LogP contribution in [0.25, 0.3) is 5.70 Å². The van der Waals surface area contributed by atoms with Gasteiger partial charge in [0.15, 0.2) is 9.84 Å². The highest BCUT2D eigenvalue weighted by molar-refractivity contribution is 7.90. The third-order valence-corrected chi connectivity index (χ3v) is 5.28. The van der Waals surface area contributed by atoms with E-state index in [4.69, 9.17) is 16.4 Å². The number of nitrogens with one attached hydrogen (secondary N) is 1. The number of carboxylic acid groups (broad SMARTS) is 1. The highest BCUT2D eigenvalue weighted by atomic mass is 35.5. The molecule has 0 aliphatic carbocycles. The number of benzene rings is 1. The van der Waals surface area contributed by atoms with Crippen LogP contribution in [0, 0.1) is 6.92 Å². The molecule has 2 rings (SSSR count). The van der Waals surface area contributed by atoms with E-state index in [1.807, 2.05) is 0 Å². The van der Waals surface area contributed by atoms with E-state index >= 15 is 0 Å². The van der Waals surface area contributed by atoms with Gasteiger partial charge in [0.2, 0.25) is 0 Å². The monoisotopic (exact) mass is 373 g/mol. The standard InChI is InChI=1S/C16H20ClNO5S/c1-10-12(16(19)20)6-7-14(24(2,21)22)15(10)13-9-11(23-18-13)5-3-4-8-17/h6-7,9,11,18H,3-5,8H2,1-2H3,(H,19,20). The molecule has 6 nitrogen and oxygen atoms in total. The summed E-state index contributed by atoms with van der Waals surface area (Å²) in [5.41, 5.74) is 4.01. The second-order valence-electron chi connectivity index (χ2n) is 5.71. The molecule has 1 aromatic rings. The van der Waals surface area contributed by atoms with E-state index in [0.29, 0.717) is 22.7 Å². The van der Waals surface area contributed by atoms with Gasteiger partial charge in [-0.25, -0.2) is 13.2 Å². The van der Waals surface area contributed by atoms with Gasteiger partial charge >= 0.3 is 5.97 Å². The number of rotatable bonds is 7. The topological polar surface area (TPSA) is 92.7 Å². The van der Waals surface area contributed by atoms with Crippen molar-refractivity contribution in [3.63, 3.8) is 0 Å². The Hall–Kier alpha value is -1.57. The summed E-state index contributed by atoms with van der Waals surface area (Å²) in [4.78, 5) is 16.9. The van der Waals surface area contributed by atoms with Gasteiger partial charge in [0.25, 0.3) is 0 Å². The Kier molecular flexibility index (Phi) is 5.90. The third kappa shape index (κ3) is 4.09. The maximum absolute atomic E-state index is 12.1. The lowest BCUT2D eigenvalue weighted by atomic mass is 9.99. The fourth-order valence-corrected chi connectivity index (χ4v) is 3.81. The lowest BCUT2D eigenvalue weighted by molar-refractivity contribution is 0.0455. The Labute approximate surface area is 146 Å². The molecule has 8 heteroatoms. The van der Waals surface area contributed by atoms with Crippen LogP contribution in [0.15, 0.2) is 23.1 Å². The van der Waals surface area contributed by atoms with Gasteiger partial charge in [-0.05, 0) is 50.0 Å². The average molecular weight is 374 g/mol. The van der Waals surface area contributed by atoms with Crippen molar-refractivity contribution in [3.05, 3.63) is 34.9 Å². The van der Waals surface area contributed by atoms with E-state index in [2.05, 4.69) is 5.48 Å². The maximum atomic E-state index is 12.1. The van der Waals surface area contributed by atoms with E-state index in [1.54, 1.807) is 13.0 Å². The second-order valence-corrected chi connectivity index (χ2v) is 8.07. The number of carbonyl (C=O) groups is 1. The fraction of sp³-hybridized carbons (Fsp3) is 0.438. The third-order valence-electron chi connectivity index (χ3n) is 3.87. The van der Waals surface area contributed by atoms with Crippen LogP contribution in [0.3, 0.4) is 0 Å². The van der Waals surface area contributed by atoms with Crippen molar-refractivity contribution in [2.75, 3.05) is 12.1 Å². The number of hydroxylamine groups is 1. The van der Waals surface area contributed by atoms with Crippen LogP contribution < -0.4 is 5.48 Å². The molecule has 24 heavy (non-hydrogen) atoms. The van der Waals surface area contributed by atoms with Crippen molar-refractivity contribution in [1.29, 1.82) is 0 Å². The van der Waals surface area contributed by atoms with Gasteiger partial charge in [0, 0.05) is 17.7 Å². The van der Waals surface area contributed by atoms with Gasteiger partial charge in [0.1, 0.15) is 6.10 Å².